The second-order valence-corrected chi connectivity index (χ2v) is 10.1. The van der Waals surface area contributed by atoms with Gasteiger partial charge in [-0.15, -0.1) is 26.6 Å². The number of halogens is 5. The second kappa shape index (κ2) is 10.1. The summed E-state index contributed by atoms with van der Waals surface area (Å²) in [5.41, 5.74) is -1.10. The van der Waals surface area contributed by atoms with Crippen molar-refractivity contribution in [3.05, 3.63) is 57.2 Å². The van der Waals surface area contributed by atoms with E-state index < -0.39 is 48.8 Å². The Balaban J connectivity index is 1.59. The van der Waals surface area contributed by atoms with E-state index in [2.05, 4.69) is 25.5 Å². The number of nitrogens with zero attached hydrogens (tertiary/aromatic N) is 7. The van der Waals surface area contributed by atoms with Crippen LogP contribution in [0.15, 0.2) is 29.8 Å². The number of rotatable bonds is 5. The van der Waals surface area contributed by atoms with Gasteiger partial charge >= 0.3 is 6.18 Å². The van der Waals surface area contributed by atoms with E-state index in [-0.39, 0.29) is 27.5 Å². The normalized spacial score (nSPS) is 24.2. The monoisotopic (exact) mass is 591 g/mol. The summed E-state index contributed by atoms with van der Waals surface area (Å²) in [6.07, 6.45) is -9.13. The molecule has 0 radical (unpaired) electrons. The van der Waals surface area contributed by atoms with E-state index in [0.717, 1.165) is 22.8 Å². The molecule has 0 spiro atoms. The molecule has 11 nitrogen and oxygen atoms in total. The van der Waals surface area contributed by atoms with E-state index in [1.54, 1.807) is 5.38 Å². The van der Waals surface area contributed by atoms with E-state index in [9.17, 15) is 28.5 Å². The molecule has 202 valence electrons. The smallest absolute Gasteiger partial charge is 0.394 e. The molecule has 4 aromatic rings. The molecule has 0 bridgehead atoms. The Morgan fingerprint density at radius 3 is 2.55 bits per heavy atom. The summed E-state index contributed by atoms with van der Waals surface area (Å²) < 4.78 is 49.6. The molecule has 1 aliphatic heterocycles. The number of aryl methyl sites for hydroxylation is 1. The predicted molar refractivity (Wildman–Crippen MR) is 128 cm³/mol. The van der Waals surface area contributed by atoms with E-state index in [1.807, 2.05) is 0 Å². The van der Waals surface area contributed by atoms with Gasteiger partial charge in [-0.3, -0.25) is 4.57 Å². The van der Waals surface area contributed by atoms with Gasteiger partial charge < -0.3 is 20.1 Å². The molecule has 5 atom stereocenters. The second-order valence-electron chi connectivity index (χ2n) is 8.41. The fraction of sp³-hybridized carbons (Fsp3) is 0.381. The van der Waals surface area contributed by atoms with Crippen molar-refractivity contribution < 1.29 is 33.2 Å². The molecule has 0 aliphatic carbocycles. The van der Waals surface area contributed by atoms with Crippen LogP contribution in [0.5, 0.6) is 0 Å². The molecule has 2 unspecified atom stereocenters. The average Bonchev–Trinajstić information content (AvgIpc) is 3.59. The van der Waals surface area contributed by atoms with Crippen molar-refractivity contribution in [3.8, 4) is 16.4 Å². The van der Waals surface area contributed by atoms with E-state index >= 15 is 0 Å². The Bertz CT molecular complexity index is 1460. The molecule has 17 heteroatoms. The number of aliphatic hydroxyl groups is 3. The molecule has 1 aromatic carbocycles. The van der Waals surface area contributed by atoms with Crippen LogP contribution in [0.2, 0.25) is 10.2 Å². The summed E-state index contributed by atoms with van der Waals surface area (Å²) in [6.45, 7) is 0.744. The van der Waals surface area contributed by atoms with Crippen molar-refractivity contribution in [1.29, 1.82) is 0 Å². The van der Waals surface area contributed by atoms with Gasteiger partial charge in [0.25, 0.3) is 0 Å². The first kappa shape index (κ1) is 26.9. The molecular weight excluding hydrogens is 574 g/mol. The van der Waals surface area contributed by atoms with Gasteiger partial charge in [0.05, 0.1) is 24.1 Å². The first-order valence-corrected chi connectivity index (χ1v) is 12.6. The summed E-state index contributed by atoms with van der Waals surface area (Å²) in [5, 5.41) is 50.3. The van der Waals surface area contributed by atoms with Gasteiger partial charge in [-0.05, 0) is 25.1 Å². The van der Waals surface area contributed by atoms with Gasteiger partial charge in [-0.2, -0.15) is 13.2 Å². The van der Waals surface area contributed by atoms with Crippen LogP contribution >= 0.6 is 34.5 Å². The lowest BCUT2D eigenvalue weighted by Crippen LogP contribution is -2.53. The Kier molecular flexibility index (Phi) is 7.19. The summed E-state index contributed by atoms with van der Waals surface area (Å²) in [6, 6.07) is 1.78. The van der Waals surface area contributed by atoms with Crippen LogP contribution < -0.4 is 0 Å². The number of thiazole rings is 1. The van der Waals surface area contributed by atoms with Crippen molar-refractivity contribution in [1.82, 2.24) is 34.7 Å². The SMILES string of the molecule is Cc1nnc([C@@H]2OC(CO)[C@H](O)[C@H](n3cc(-c4nc(Cl)cs4)nn3)C2O)n1-c1cc(Cl)ccc1C(F)(F)F. The van der Waals surface area contributed by atoms with E-state index in [0.29, 0.717) is 10.7 Å². The van der Waals surface area contributed by atoms with Gasteiger partial charge in [0, 0.05) is 10.4 Å². The summed E-state index contributed by atoms with van der Waals surface area (Å²) in [4.78, 5) is 4.11. The van der Waals surface area contributed by atoms with Gasteiger partial charge in [-0.25, -0.2) is 9.67 Å². The fourth-order valence-electron chi connectivity index (χ4n) is 4.31. The van der Waals surface area contributed by atoms with Crippen molar-refractivity contribution in [2.45, 2.75) is 43.6 Å². The molecule has 0 amide bonds. The minimum absolute atomic E-state index is 0.0242. The van der Waals surface area contributed by atoms with Gasteiger partial charge in [-0.1, -0.05) is 28.4 Å². The maximum absolute atomic E-state index is 13.9. The third-order valence-corrected chi connectivity index (χ3v) is 7.44. The van der Waals surface area contributed by atoms with Crippen molar-refractivity contribution >= 4 is 34.5 Å². The lowest BCUT2D eigenvalue weighted by Gasteiger charge is -2.41. The minimum Gasteiger partial charge on any atom is -0.394 e. The van der Waals surface area contributed by atoms with Crippen LogP contribution in [0.4, 0.5) is 13.2 Å². The standard InChI is InChI=1S/C21H18Cl2F3N7O4S/c1-8-28-30-19(33(8)12-4-9(22)2-3-10(12)21(24,25)26)18-17(36)15(16(35)13(6-34)37-18)32-5-11(29-31-32)20-27-14(23)7-38-20/h2-5,7,13,15-18,34-36H,6H2,1H3/t13?,15-,16-,17?,18+/m0/s1. The van der Waals surface area contributed by atoms with E-state index in [1.165, 1.54) is 29.1 Å². The highest BCUT2D eigenvalue weighted by molar-refractivity contribution is 7.13. The quantitative estimate of drug-likeness (QED) is 0.319. The number of hydrogen-bond donors (Lipinski definition) is 3. The highest BCUT2D eigenvalue weighted by Gasteiger charge is 2.49. The van der Waals surface area contributed by atoms with Gasteiger partial charge in [0.15, 0.2) is 5.82 Å². The lowest BCUT2D eigenvalue weighted by molar-refractivity contribution is -0.210. The maximum Gasteiger partial charge on any atom is 0.418 e. The number of hydrogen-bond acceptors (Lipinski definition) is 10. The zero-order chi connectivity index (χ0) is 27.4. The number of aliphatic hydroxyl groups excluding tert-OH is 3. The first-order chi connectivity index (χ1) is 18.0. The number of ether oxygens (including phenoxy) is 1. The van der Waals surface area contributed by atoms with E-state index in [4.69, 9.17) is 27.9 Å². The van der Waals surface area contributed by atoms with Crippen LogP contribution in [0.25, 0.3) is 16.4 Å². The van der Waals surface area contributed by atoms with Crippen molar-refractivity contribution in [3.63, 3.8) is 0 Å². The molecule has 1 fully saturated rings. The fourth-order valence-corrected chi connectivity index (χ4v) is 5.37. The zero-order valence-corrected chi connectivity index (χ0v) is 21.5. The lowest BCUT2D eigenvalue weighted by atomic mass is 9.92. The van der Waals surface area contributed by atoms with Crippen molar-refractivity contribution in [2.24, 2.45) is 0 Å². The third-order valence-electron chi connectivity index (χ3n) is 6.01. The van der Waals surface area contributed by atoms with Crippen LogP contribution in [0.1, 0.15) is 29.4 Å². The van der Waals surface area contributed by atoms with Crippen molar-refractivity contribution in [2.75, 3.05) is 6.61 Å². The molecule has 3 N–H and O–H groups in total. The van der Waals surface area contributed by atoms with Crippen LogP contribution in [0, 0.1) is 6.92 Å². The molecule has 1 aliphatic rings. The summed E-state index contributed by atoms with van der Waals surface area (Å²) in [7, 11) is 0. The average molecular weight is 592 g/mol. The summed E-state index contributed by atoms with van der Waals surface area (Å²) >= 11 is 13.1. The predicted octanol–water partition coefficient (Wildman–Crippen LogP) is 3.01. The number of alkyl halides is 3. The highest BCUT2D eigenvalue weighted by Crippen LogP contribution is 2.41. The maximum atomic E-state index is 13.9. The van der Waals surface area contributed by atoms with Gasteiger partial charge in [0.2, 0.25) is 0 Å². The summed E-state index contributed by atoms with van der Waals surface area (Å²) in [5.74, 6) is -0.152. The molecule has 1 saturated heterocycles. The third kappa shape index (κ3) is 4.79. The molecule has 3 aromatic heterocycles. The zero-order valence-electron chi connectivity index (χ0n) is 19.2. The molecule has 4 heterocycles. The Labute approximate surface area is 226 Å². The molecular formula is C21H18Cl2F3N7O4S. The molecule has 38 heavy (non-hydrogen) atoms. The number of aromatic nitrogens is 7. The number of benzene rings is 1. The topological polar surface area (TPSA) is 144 Å². The van der Waals surface area contributed by atoms with Crippen LogP contribution in [0.3, 0.4) is 0 Å². The Morgan fingerprint density at radius 1 is 1.13 bits per heavy atom. The minimum atomic E-state index is -4.75. The highest BCUT2D eigenvalue weighted by atomic mass is 35.5. The van der Waals surface area contributed by atoms with Crippen LogP contribution in [-0.2, 0) is 10.9 Å². The van der Waals surface area contributed by atoms with Gasteiger partial charge in [0.1, 0.15) is 52.1 Å². The Hall–Kier alpha value is -2.66. The molecule has 5 rings (SSSR count). The van der Waals surface area contributed by atoms with Crippen LogP contribution in [-0.4, -0.2) is 75.0 Å². The molecule has 0 saturated carbocycles. The Morgan fingerprint density at radius 2 is 1.89 bits per heavy atom. The largest absolute Gasteiger partial charge is 0.418 e. The first-order valence-electron chi connectivity index (χ1n) is 10.9.